The van der Waals surface area contributed by atoms with Gasteiger partial charge in [-0.05, 0) is 58.8 Å². The van der Waals surface area contributed by atoms with E-state index in [1.807, 2.05) is 11.3 Å². The van der Waals surface area contributed by atoms with Gasteiger partial charge in [-0.2, -0.15) is 0 Å². The van der Waals surface area contributed by atoms with Gasteiger partial charge >= 0.3 is 0 Å². The van der Waals surface area contributed by atoms with Gasteiger partial charge in [-0.15, -0.1) is 11.3 Å². The van der Waals surface area contributed by atoms with Crippen molar-refractivity contribution in [1.82, 2.24) is 10.2 Å². The molecule has 1 aliphatic rings. The molecule has 1 aromatic rings. The highest BCUT2D eigenvalue weighted by Gasteiger charge is 2.17. The molecule has 1 aromatic heterocycles. The van der Waals surface area contributed by atoms with Gasteiger partial charge in [-0.25, -0.2) is 0 Å². The van der Waals surface area contributed by atoms with Crippen molar-refractivity contribution >= 4 is 11.3 Å². The van der Waals surface area contributed by atoms with Gasteiger partial charge in [0.1, 0.15) is 0 Å². The zero-order chi connectivity index (χ0) is 13.0. The Balaban J connectivity index is 1.76. The quantitative estimate of drug-likeness (QED) is 0.876. The minimum Gasteiger partial charge on any atom is -0.308 e. The van der Waals surface area contributed by atoms with E-state index in [1.54, 1.807) is 0 Å². The van der Waals surface area contributed by atoms with Crippen molar-refractivity contribution in [2.45, 2.75) is 52.1 Å². The molecule has 2 rings (SSSR count). The lowest BCUT2D eigenvalue weighted by molar-refractivity contribution is 0.168. The zero-order valence-electron chi connectivity index (χ0n) is 11.9. The molecule has 0 saturated carbocycles. The summed E-state index contributed by atoms with van der Waals surface area (Å²) in [5, 5.41) is 3.68. The van der Waals surface area contributed by atoms with Crippen LogP contribution in [0.25, 0.3) is 0 Å². The van der Waals surface area contributed by atoms with Gasteiger partial charge in [0, 0.05) is 28.4 Å². The highest BCUT2D eigenvalue weighted by molar-refractivity contribution is 7.12. The second kappa shape index (κ2) is 6.69. The van der Waals surface area contributed by atoms with Gasteiger partial charge in [0.25, 0.3) is 0 Å². The van der Waals surface area contributed by atoms with Crippen molar-refractivity contribution in [2.24, 2.45) is 0 Å². The lowest BCUT2D eigenvalue weighted by Crippen LogP contribution is -2.43. The van der Waals surface area contributed by atoms with Crippen LogP contribution in [-0.2, 0) is 0 Å². The van der Waals surface area contributed by atoms with Crippen LogP contribution in [0.2, 0.25) is 0 Å². The maximum Gasteiger partial charge on any atom is 0.0386 e. The molecule has 2 nitrogen and oxygen atoms in total. The van der Waals surface area contributed by atoms with E-state index < -0.39 is 0 Å². The normalized spacial score (nSPS) is 20.8. The van der Waals surface area contributed by atoms with E-state index in [9.17, 15) is 0 Å². The van der Waals surface area contributed by atoms with Crippen molar-refractivity contribution < 1.29 is 0 Å². The predicted molar refractivity (Wildman–Crippen MR) is 80.4 cm³/mol. The summed E-state index contributed by atoms with van der Waals surface area (Å²) in [6.45, 7) is 10.5. The maximum absolute atomic E-state index is 3.68. The largest absolute Gasteiger partial charge is 0.308 e. The zero-order valence-corrected chi connectivity index (χ0v) is 12.7. The highest BCUT2D eigenvalue weighted by atomic mass is 32.1. The van der Waals surface area contributed by atoms with Gasteiger partial charge in [0.15, 0.2) is 0 Å². The number of likely N-dealkylation sites (tertiary alicyclic amines) is 1. The molecule has 2 heterocycles. The van der Waals surface area contributed by atoms with Crippen molar-refractivity contribution in [1.29, 1.82) is 0 Å². The number of hydrogen-bond acceptors (Lipinski definition) is 3. The molecule has 0 aliphatic carbocycles. The monoisotopic (exact) mass is 266 g/mol. The molecule has 1 fully saturated rings. The Morgan fingerprint density at radius 1 is 1.22 bits per heavy atom. The Morgan fingerprint density at radius 2 is 1.94 bits per heavy atom. The van der Waals surface area contributed by atoms with Crippen LogP contribution in [0.15, 0.2) is 12.1 Å². The molecule has 3 heteroatoms. The summed E-state index contributed by atoms with van der Waals surface area (Å²) < 4.78 is 0. The summed E-state index contributed by atoms with van der Waals surface area (Å²) in [6, 6.07) is 5.61. The molecule has 1 saturated heterocycles. The second-order valence-electron chi connectivity index (χ2n) is 5.52. The minimum atomic E-state index is 0.482. The van der Waals surface area contributed by atoms with Crippen LogP contribution >= 0.6 is 11.3 Å². The van der Waals surface area contributed by atoms with Crippen molar-refractivity contribution in [2.75, 3.05) is 19.6 Å². The standard InChI is InChI=1S/C15H26N2S/c1-12(17-9-5-4-6-10-17)11-16-14(3)15-8-7-13(2)18-15/h7-8,12,14,16H,4-6,9-11H2,1-3H3. The first-order chi connectivity index (χ1) is 8.66. The predicted octanol–water partition coefficient (Wildman–Crippen LogP) is 3.58. The summed E-state index contributed by atoms with van der Waals surface area (Å²) in [5.74, 6) is 0. The number of aryl methyl sites for hydroxylation is 1. The Morgan fingerprint density at radius 3 is 2.56 bits per heavy atom. The molecule has 0 amide bonds. The molecule has 0 bridgehead atoms. The van der Waals surface area contributed by atoms with Gasteiger partial charge in [-0.1, -0.05) is 6.42 Å². The molecule has 0 radical (unpaired) electrons. The molecule has 102 valence electrons. The maximum atomic E-state index is 3.68. The number of nitrogens with zero attached hydrogens (tertiary/aromatic N) is 1. The topological polar surface area (TPSA) is 15.3 Å². The summed E-state index contributed by atoms with van der Waals surface area (Å²) in [6.07, 6.45) is 4.18. The molecule has 1 aliphatic heterocycles. The Hall–Kier alpha value is -0.380. The SMILES string of the molecule is Cc1ccc(C(C)NCC(C)N2CCCCC2)s1. The molecule has 2 unspecified atom stereocenters. The third-order valence-corrected chi connectivity index (χ3v) is 5.10. The average molecular weight is 266 g/mol. The molecule has 1 N–H and O–H groups in total. The number of thiophene rings is 1. The second-order valence-corrected chi connectivity index (χ2v) is 6.84. The van der Waals surface area contributed by atoms with Crippen LogP contribution in [0.1, 0.15) is 48.9 Å². The molecular formula is C15H26N2S. The molecule has 0 aromatic carbocycles. The highest BCUT2D eigenvalue weighted by Crippen LogP contribution is 2.22. The van der Waals surface area contributed by atoms with Crippen LogP contribution in [0.3, 0.4) is 0 Å². The number of hydrogen-bond donors (Lipinski definition) is 1. The van der Waals surface area contributed by atoms with Gasteiger partial charge in [0.05, 0.1) is 0 Å². The van der Waals surface area contributed by atoms with E-state index >= 15 is 0 Å². The van der Waals surface area contributed by atoms with Gasteiger partial charge in [-0.3, -0.25) is 4.90 Å². The summed E-state index contributed by atoms with van der Waals surface area (Å²) in [4.78, 5) is 5.49. The number of piperidine rings is 1. The fraction of sp³-hybridized carbons (Fsp3) is 0.733. The van der Waals surface area contributed by atoms with Crippen LogP contribution < -0.4 is 5.32 Å². The first-order valence-corrected chi connectivity index (χ1v) is 8.02. The smallest absolute Gasteiger partial charge is 0.0386 e. The van der Waals surface area contributed by atoms with E-state index in [2.05, 4.69) is 43.1 Å². The Bertz CT molecular complexity index is 355. The van der Waals surface area contributed by atoms with E-state index in [0.29, 0.717) is 12.1 Å². The van der Waals surface area contributed by atoms with Crippen LogP contribution in [0.4, 0.5) is 0 Å². The van der Waals surface area contributed by atoms with Crippen LogP contribution in [-0.4, -0.2) is 30.6 Å². The van der Waals surface area contributed by atoms with Crippen molar-refractivity contribution in [3.63, 3.8) is 0 Å². The first-order valence-electron chi connectivity index (χ1n) is 7.20. The number of nitrogens with one attached hydrogen (secondary N) is 1. The molecule has 2 atom stereocenters. The average Bonchev–Trinajstić information content (AvgIpc) is 2.83. The Kier molecular flexibility index (Phi) is 5.22. The first kappa shape index (κ1) is 14.0. The van der Waals surface area contributed by atoms with Crippen LogP contribution in [0.5, 0.6) is 0 Å². The van der Waals surface area contributed by atoms with E-state index in [-0.39, 0.29) is 0 Å². The summed E-state index contributed by atoms with van der Waals surface area (Å²) >= 11 is 1.91. The van der Waals surface area contributed by atoms with Gasteiger partial charge < -0.3 is 5.32 Å². The van der Waals surface area contributed by atoms with E-state index in [4.69, 9.17) is 0 Å². The molecule has 18 heavy (non-hydrogen) atoms. The third kappa shape index (κ3) is 3.81. The fourth-order valence-electron chi connectivity index (χ4n) is 2.62. The lowest BCUT2D eigenvalue weighted by Gasteiger charge is -2.33. The van der Waals surface area contributed by atoms with E-state index in [0.717, 1.165) is 6.54 Å². The third-order valence-electron chi connectivity index (χ3n) is 3.92. The summed E-state index contributed by atoms with van der Waals surface area (Å²) in [7, 11) is 0. The molecule has 0 spiro atoms. The Labute approximate surface area is 115 Å². The fourth-order valence-corrected chi connectivity index (χ4v) is 3.53. The van der Waals surface area contributed by atoms with Crippen molar-refractivity contribution in [3.8, 4) is 0 Å². The van der Waals surface area contributed by atoms with Gasteiger partial charge in [0.2, 0.25) is 0 Å². The van der Waals surface area contributed by atoms with Crippen molar-refractivity contribution in [3.05, 3.63) is 21.9 Å². The molecular weight excluding hydrogens is 240 g/mol. The minimum absolute atomic E-state index is 0.482. The van der Waals surface area contributed by atoms with Crippen LogP contribution in [0, 0.1) is 6.92 Å². The summed E-state index contributed by atoms with van der Waals surface area (Å²) in [5.41, 5.74) is 0. The number of rotatable bonds is 5. The lowest BCUT2D eigenvalue weighted by atomic mass is 10.1. The van der Waals surface area contributed by atoms with E-state index in [1.165, 1.54) is 42.1 Å².